The zero-order valence-corrected chi connectivity index (χ0v) is 14.3. The predicted molar refractivity (Wildman–Crippen MR) is 97.1 cm³/mol. The summed E-state index contributed by atoms with van der Waals surface area (Å²) in [4.78, 5) is 21.6. The number of carbonyl (C=O) groups excluding carboxylic acids is 1. The number of H-pyrrole nitrogens is 1. The van der Waals surface area contributed by atoms with Gasteiger partial charge in [0.1, 0.15) is 11.6 Å². The number of carbonyl (C=O) groups is 1. The van der Waals surface area contributed by atoms with Gasteiger partial charge in [0.05, 0.1) is 17.6 Å². The second-order valence-corrected chi connectivity index (χ2v) is 6.25. The molecular formula is C19H21FN4O. The van der Waals surface area contributed by atoms with Crippen molar-refractivity contribution in [2.45, 2.75) is 13.3 Å². The highest BCUT2D eigenvalue weighted by Crippen LogP contribution is 2.13. The molecule has 0 atom stereocenters. The number of likely N-dealkylation sites (N-methyl/N-ethyl adjacent to an activating group) is 1. The van der Waals surface area contributed by atoms with Gasteiger partial charge < -0.3 is 10.3 Å². The molecule has 130 valence electrons. The van der Waals surface area contributed by atoms with Crippen molar-refractivity contribution in [2.75, 3.05) is 25.5 Å². The molecule has 3 rings (SSSR count). The van der Waals surface area contributed by atoms with Gasteiger partial charge in [0.15, 0.2) is 0 Å². The molecule has 0 fully saturated rings. The smallest absolute Gasteiger partial charge is 0.238 e. The number of aromatic nitrogens is 2. The summed E-state index contributed by atoms with van der Waals surface area (Å²) in [5.41, 5.74) is 3.34. The van der Waals surface area contributed by atoms with Gasteiger partial charge in [0.25, 0.3) is 0 Å². The van der Waals surface area contributed by atoms with Crippen LogP contribution in [0.25, 0.3) is 11.0 Å². The fourth-order valence-electron chi connectivity index (χ4n) is 2.70. The average molecular weight is 340 g/mol. The van der Waals surface area contributed by atoms with Crippen LogP contribution in [0.4, 0.5) is 10.1 Å². The van der Waals surface area contributed by atoms with Crippen molar-refractivity contribution in [3.8, 4) is 0 Å². The third-order valence-electron chi connectivity index (χ3n) is 3.94. The molecule has 1 amide bonds. The van der Waals surface area contributed by atoms with Crippen LogP contribution in [0.15, 0.2) is 42.5 Å². The van der Waals surface area contributed by atoms with Crippen molar-refractivity contribution in [2.24, 2.45) is 0 Å². The van der Waals surface area contributed by atoms with E-state index in [0.717, 1.165) is 22.6 Å². The van der Waals surface area contributed by atoms with Crippen LogP contribution in [0, 0.1) is 12.7 Å². The second kappa shape index (κ2) is 7.44. The number of hydrogen-bond donors (Lipinski definition) is 2. The molecular weight excluding hydrogens is 319 g/mol. The Morgan fingerprint density at radius 2 is 2.12 bits per heavy atom. The molecule has 1 heterocycles. The number of nitrogens with one attached hydrogen (secondary N) is 2. The Balaban J connectivity index is 1.51. The van der Waals surface area contributed by atoms with Gasteiger partial charge in [0, 0.05) is 18.7 Å². The van der Waals surface area contributed by atoms with Crippen molar-refractivity contribution >= 4 is 22.6 Å². The van der Waals surface area contributed by atoms with Crippen LogP contribution in [0.5, 0.6) is 0 Å². The number of fused-ring (bicyclic) bond motifs is 1. The van der Waals surface area contributed by atoms with Gasteiger partial charge in [-0.2, -0.15) is 0 Å². The molecule has 0 unspecified atom stereocenters. The molecule has 3 aromatic rings. The molecule has 0 aliphatic carbocycles. The Kier molecular flexibility index (Phi) is 5.09. The van der Waals surface area contributed by atoms with E-state index in [-0.39, 0.29) is 11.7 Å². The molecule has 1 aromatic heterocycles. The van der Waals surface area contributed by atoms with Gasteiger partial charge in [0.2, 0.25) is 5.91 Å². The summed E-state index contributed by atoms with van der Waals surface area (Å²) in [5, 5.41) is 2.89. The second-order valence-electron chi connectivity index (χ2n) is 6.25. The summed E-state index contributed by atoms with van der Waals surface area (Å²) < 4.78 is 13.2. The Bertz CT molecular complexity index is 890. The van der Waals surface area contributed by atoms with Crippen LogP contribution in [0.2, 0.25) is 0 Å². The molecule has 0 saturated heterocycles. The topological polar surface area (TPSA) is 61.0 Å². The number of halogens is 1. The zero-order chi connectivity index (χ0) is 17.8. The first kappa shape index (κ1) is 17.1. The Morgan fingerprint density at radius 1 is 1.28 bits per heavy atom. The van der Waals surface area contributed by atoms with Crippen molar-refractivity contribution in [1.82, 2.24) is 14.9 Å². The number of nitrogens with zero attached hydrogens (tertiary/aromatic N) is 2. The van der Waals surface area contributed by atoms with Crippen LogP contribution < -0.4 is 5.32 Å². The van der Waals surface area contributed by atoms with Crippen molar-refractivity contribution in [1.29, 1.82) is 0 Å². The summed E-state index contributed by atoms with van der Waals surface area (Å²) in [6.45, 7) is 2.95. The van der Waals surface area contributed by atoms with E-state index in [9.17, 15) is 9.18 Å². The van der Waals surface area contributed by atoms with Gasteiger partial charge in [-0.05, 0) is 49.9 Å². The Morgan fingerprint density at radius 3 is 2.92 bits per heavy atom. The number of aromatic amines is 1. The highest BCUT2D eigenvalue weighted by atomic mass is 19.1. The summed E-state index contributed by atoms with van der Waals surface area (Å²) >= 11 is 0. The minimum absolute atomic E-state index is 0.0558. The lowest BCUT2D eigenvalue weighted by atomic mass is 10.2. The quantitative estimate of drug-likeness (QED) is 0.725. The Hall–Kier alpha value is -2.73. The average Bonchev–Trinajstić information content (AvgIpc) is 2.94. The van der Waals surface area contributed by atoms with E-state index in [2.05, 4.69) is 15.3 Å². The van der Waals surface area contributed by atoms with E-state index >= 15 is 0 Å². The van der Waals surface area contributed by atoms with E-state index < -0.39 is 0 Å². The molecule has 6 heteroatoms. The van der Waals surface area contributed by atoms with E-state index in [1.165, 1.54) is 12.1 Å². The van der Waals surface area contributed by atoms with Crippen LogP contribution in [-0.4, -0.2) is 40.9 Å². The fraction of sp³-hybridized carbons (Fsp3) is 0.263. The molecule has 5 nitrogen and oxygen atoms in total. The van der Waals surface area contributed by atoms with Gasteiger partial charge >= 0.3 is 0 Å². The highest BCUT2D eigenvalue weighted by molar-refractivity contribution is 5.92. The molecule has 0 aliphatic heterocycles. The molecule has 0 aliphatic rings. The molecule has 25 heavy (non-hydrogen) atoms. The van der Waals surface area contributed by atoms with E-state index in [4.69, 9.17) is 0 Å². The van der Waals surface area contributed by atoms with Crippen LogP contribution in [0.3, 0.4) is 0 Å². The zero-order valence-electron chi connectivity index (χ0n) is 14.3. The standard InChI is InChI=1S/C19H21FN4O/c1-13-4-3-5-15(10-13)21-19(25)12-24(2)9-8-18-22-16-7-6-14(20)11-17(16)23-18/h3-7,10-11H,8-9,12H2,1-2H3,(H,21,25)(H,22,23). The summed E-state index contributed by atoms with van der Waals surface area (Å²) in [5.74, 6) is 0.443. The SMILES string of the molecule is Cc1cccc(NC(=O)CN(C)CCc2nc3ccc(F)cc3[nH]2)c1. The van der Waals surface area contributed by atoms with Crippen LogP contribution in [-0.2, 0) is 11.2 Å². The number of aryl methyl sites for hydroxylation is 1. The first-order valence-electron chi connectivity index (χ1n) is 8.19. The molecule has 0 spiro atoms. The van der Waals surface area contributed by atoms with Gasteiger partial charge in [-0.15, -0.1) is 0 Å². The van der Waals surface area contributed by atoms with Gasteiger partial charge in [-0.3, -0.25) is 9.69 Å². The number of amides is 1. The molecule has 0 bridgehead atoms. The predicted octanol–water partition coefficient (Wildman–Crippen LogP) is 3.12. The summed E-state index contributed by atoms with van der Waals surface area (Å²) in [6, 6.07) is 12.2. The minimum Gasteiger partial charge on any atom is -0.342 e. The van der Waals surface area contributed by atoms with Crippen LogP contribution >= 0.6 is 0 Å². The molecule has 2 N–H and O–H groups in total. The van der Waals surface area contributed by atoms with Crippen molar-refractivity contribution in [3.63, 3.8) is 0 Å². The number of benzene rings is 2. The van der Waals surface area contributed by atoms with Crippen molar-refractivity contribution < 1.29 is 9.18 Å². The van der Waals surface area contributed by atoms with Crippen LogP contribution in [0.1, 0.15) is 11.4 Å². The van der Waals surface area contributed by atoms with Gasteiger partial charge in [-0.1, -0.05) is 12.1 Å². The highest BCUT2D eigenvalue weighted by Gasteiger charge is 2.09. The number of hydrogen-bond acceptors (Lipinski definition) is 3. The number of imidazole rings is 1. The maximum Gasteiger partial charge on any atom is 0.238 e. The number of anilines is 1. The fourth-order valence-corrected chi connectivity index (χ4v) is 2.70. The lowest BCUT2D eigenvalue weighted by Gasteiger charge is -2.15. The van der Waals surface area contributed by atoms with Gasteiger partial charge in [-0.25, -0.2) is 9.37 Å². The Labute approximate surface area is 145 Å². The minimum atomic E-state index is -0.285. The van der Waals surface area contributed by atoms with E-state index in [1.54, 1.807) is 6.07 Å². The molecule has 2 aromatic carbocycles. The third-order valence-corrected chi connectivity index (χ3v) is 3.94. The maximum absolute atomic E-state index is 13.2. The van der Waals surface area contributed by atoms with Crippen molar-refractivity contribution in [3.05, 3.63) is 59.7 Å². The summed E-state index contributed by atoms with van der Waals surface area (Å²) in [6.07, 6.45) is 0.657. The molecule has 0 radical (unpaired) electrons. The largest absolute Gasteiger partial charge is 0.342 e. The van der Waals surface area contributed by atoms with E-state index in [0.29, 0.717) is 25.0 Å². The maximum atomic E-state index is 13.2. The van der Waals surface area contributed by atoms with E-state index in [1.807, 2.05) is 43.1 Å². The summed E-state index contributed by atoms with van der Waals surface area (Å²) in [7, 11) is 1.89. The lowest BCUT2D eigenvalue weighted by Crippen LogP contribution is -2.31. The lowest BCUT2D eigenvalue weighted by molar-refractivity contribution is -0.117. The molecule has 0 saturated carbocycles. The first-order chi connectivity index (χ1) is 12.0. The monoisotopic (exact) mass is 340 g/mol. The number of rotatable bonds is 6. The first-order valence-corrected chi connectivity index (χ1v) is 8.19. The third kappa shape index (κ3) is 4.64. The normalized spacial score (nSPS) is 11.2.